The van der Waals surface area contributed by atoms with Crippen LogP contribution in [0.5, 0.6) is 5.75 Å². The molecule has 26 heavy (non-hydrogen) atoms. The van der Waals surface area contributed by atoms with Crippen molar-refractivity contribution in [2.45, 2.75) is 50.3 Å². The van der Waals surface area contributed by atoms with Crippen LogP contribution in [-0.2, 0) is 9.59 Å². The Balaban J connectivity index is 1.51. The molecule has 4 bridgehead atoms. The first-order chi connectivity index (χ1) is 12.4. The fraction of sp³-hybridized carbons (Fsp3) is 0.619. The van der Waals surface area contributed by atoms with E-state index in [0.29, 0.717) is 29.2 Å². The Hall–Kier alpha value is -1.36. The van der Waals surface area contributed by atoms with Gasteiger partial charge in [0.2, 0.25) is 5.91 Å². The number of hydrogen-bond acceptors (Lipinski definition) is 3. The maximum absolute atomic E-state index is 13.3. The molecule has 0 heterocycles. The third-order valence-corrected chi connectivity index (χ3v) is 7.47. The van der Waals surface area contributed by atoms with Gasteiger partial charge in [-0.1, -0.05) is 22.0 Å². The van der Waals surface area contributed by atoms with Crippen molar-refractivity contribution >= 4 is 33.3 Å². The summed E-state index contributed by atoms with van der Waals surface area (Å²) in [6.07, 6.45) is 6.77. The van der Waals surface area contributed by atoms with Crippen LogP contribution in [0.2, 0.25) is 0 Å². The zero-order chi connectivity index (χ0) is 18.5. The summed E-state index contributed by atoms with van der Waals surface area (Å²) in [6, 6.07) is 5.63. The number of alkyl halides is 1. The minimum absolute atomic E-state index is 0.0840. The van der Waals surface area contributed by atoms with Crippen LogP contribution in [0.25, 0.3) is 0 Å². The van der Waals surface area contributed by atoms with Gasteiger partial charge in [0.25, 0.3) is 0 Å². The summed E-state index contributed by atoms with van der Waals surface area (Å²) in [5.74, 6) is 2.45. The molecule has 5 heteroatoms. The molecule has 0 spiro atoms. The Morgan fingerprint density at radius 3 is 2.27 bits per heavy atom. The lowest BCUT2D eigenvalue weighted by molar-refractivity contribution is -0.144. The number of carbonyl (C=O) groups is 2. The first-order valence-electron chi connectivity index (χ1n) is 9.54. The van der Waals surface area contributed by atoms with Crippen molar-refractivity contribution < 1.29 is 14.3 Å². The number of carbonyl (C=O) groups excluding carboxylic acids is 2. The Kier molecular flexibility index (Phi) is 4.62. The summed E-state index contributed by atoms with van der Waals surface area (Å²) in [5.41, 5.74) is 1.36. The lowest BCUT2D eigenvalue weighted by Crippen LogP contribution is -2.53. The molecule has 4 aliphatic rings. The van der Waals surface area contributed by atoms with E-state index in [2.05, 4.69) is 21.2 Å². The quantitative estimate of drug-likeness (QED) is 0.564. The van der Waals surface area contributed by atoms with E-state index in [4.69, 9.17) is 4.74 Å². The maximum Gasteiger partial charge on any atom is 0.245 e. The highest BCUT2D eigenvalue weighted by atomic mass is 79.9. The molecule has 1 N–H and O–H groups in total. The van der Waals surface area contributed by atoms with E-state index in [1.54, 1.807) is 7.11 Å². The predicted molar refractivity (Wildman–Crippen MR) is 105 cm³/mol. The SMILES string of the molecule is COc1ccc(C)cc1NC(=O)C(Br)C(=O)C12CC3CC(CC(C3)C1)C2. The summed E-state index contributed by atoms with van der Waals surface area (Å²) < 4.78 is 5.33. The predicted octanol–water partition coefficient (Wildman–Crippen LogP) is 4.49. The van der Waals surface area contributed by atoms with Gasteiger partial charge in [-0.3, -0.25) is 9.59 Å². The van der Waals surface area contributed by atoms with Gasteiger partial charge in [-0.05, 0) is 80.9 Å². The van der Waals surface area contributed by atoms with Crippen LogP contribution < -0.4 is 10.1 Å². The van der Waals surface area contributed by atoms with Crippen molar-refractivity contribution in [2.24, 2.45) is 23.2 Å². The van der Waals surface area contributed by atoms with Crippen LogP contribution >= 0.6 is 15.9 Å². The van der Waals surface area contributed by atoms with Crippen molar-refractivity contribution in [2.75, 3.05) is 12.4 Å². The Bertz CT molecular complexity index is 709. The van der Waals surface area contributed by atoms with Gasteiger partial charge in [-0.25, -0.2) is 0 Å². The van der Waals surface area contributed by atoms with Crippen molar-refractivity contribution in [3.63, 3.8) is 0 Å². The lowest BCUT2D eigenvalue weighted by atomic mass is 9.48. The number of halogens is 1. The number of ether oxygens (including phenoxy) is 1. The zero-order valence-corrected chi connectivity index (χ0v) is 17.0. The van der Waals surface area contributed by atoms with Gasteiger partial charge in [-0.15, -0.1) is 0 Å². The van der Waals surface area contributed by atoms with Crippen LogP contribution in [0.4, 0.5) is 5.69 Å². The molecule has 0 saturated heterocycles. The molecule has 4 nitrogen and oxygen atoms in total. The number of hydrogen-bond donors (Lipinski definition) is 1. The number of ketones is 1. The van der Waals surface area contributed by atoms with Gasteiger partial charge < -0.3 is 10.1 Å². The molecule has 1 aromatic carbocycles. The van der Waals surface area contributed by atoms with E-state index in [0.717, 1.165) is 24.8 Å². The summed E-state index contributed by atoms with van der Waals surface area (Å²) in [5, 5.41) is 2.88. The fourth-order valence-electron chi connectivity index (χ4n) is 5.92. The van der Waals surface area contributed by atoms with Gasteiger partial charge in [0, 0.05) is 5.41 Å². The molecule has 1 atom stereocenters. The molecular formula is C21H26BrNO3. The maximum atomic E-state index is 13.3. The molecule has 1 unspecified atom stereocenters. The van der Waals surface area contributed by atoms with Crippen molar-refractivity contribution in [1.82, 2.24) is 0 Å². The molecule has 4 saturated carbocycles. The van der Waals surface area contributed by atoms with Gasteiger partial charge in [0.15, 0.2) is 10.6 Å². The standard InChI is InChI=1S/C21H26BrNO3/c1-12-3-4-17(26-2)16(5-12)23-20(25)18(22)19(24)21-9-13-6-14(10-21)8-15(7-13)11-21/h3-5,13-15,18H,6-11H2,1-2H3,(H,23,25). The van der Waals surface area contributed by atoms with Crippen LogP contribution in [0.3, 0.4) is 0 Å². The number of Topliss-reactive ketones (excluding diaryl/α,β-unsaturated/α-hetero) is 1. The van der Waals surface area contributed by atoms with Crippen LogP contribution in [-0.4, -0.2) is 23.6 Å². The van der Waals surface area contributed by atoms with E-state index >= 15 is 0 Å². The van der Waals surface area contributed by atoms with E-state index in [9.17, 15) is 9.59 Å². The number of benzene rings is 1. The topological polar surface area (TPSA) is 55.4 Å². The first-order valence-corrected chi connectivity index (χ1v) is 10.5. The minimum Gasteiger partial charge on any atom is -0.495 e. The molecule has 140 valence electrons. The summed E-state index contributed by atoms with van der Waals surface area (Å²) >= 11 is 3.42. The molecule has 0 aliphatic heterocycles. The number of methoxy groups -OCH3 is 1. The van der Waals surface area contributed by atoms with E-state index in [-0.39, 0.29) is 17.1 Å². The average Bonchev–Trinajstić information content (AvgIpc) is 2.59. The number of anilines is 1. The van der Waals surface area contributed by atoms with Gasteiger partial charge in [-0.2, -0.15) is 0 Å². The fourth-order valence-corrected chi connectivity index (χ4v) is 6.52. The van der Waals surface area contributed by atoms with Crippen LogP contribution in [0.15, 0.2) is 18.2 Å². The van der Waals surface area contributed by atoms with Gasteiger partial charge in [0.1, 0.15) is 5.75 Å². The molecule has 1 amide bonds. The highest BCUT2D eigenvalue weighted by molar-refractivity contribution is 9.10. The highest BCUT2D eigenvalue weighted by Crippen LogP contribution is 2.60. The number of rotatable bonds is 5. The van der Waals surface area contributed by atoms with E-state index in [1.165, 1.54) is 19.3 Å². The van der Waals surface area contributed by atoms with Crippen LogP contribution in [0.1, 0.15) is 44.1 Å². The van der Waals surface area contributed by atoms with E-state index < -0.39 is 4.83 Å². The average molecular weight is 420 g/mol. The minimum atomic E-state index is -0.802. The third-order valence-electron chi connectivity index (χ3n) is 6.63. The molecular weight excluding hydrogens is 394 g/mol. The number of nitrogens with one attached hydrogen (secondary N) is 1. The number of aryl methyl sites for hydroxylation is 1. The second-order valence-corrected chi connectivity index (χ2v) is 9.53. The number of amides is 1. The molecule has 4 aliphatic carbocycles. The third kappa shape index (κ3) is 3.08. The molecule has 4 fully saturated rings. The van der Waals surface area contributed by atoms with E-state index in [1.807, 2.05) is 25.1 Å². The summed E-state index contributed by atoms with van der Waals surface area (Å²) in [6.45, 7) is 1.96. The Morgan fingerprint density at radius 2 is 1.73 bits per heavy atom. The van der Waals surface area contributed by atoms with Crippen LogP contribution in [0, 0.1) is 30.1 Å². The molecule has 0 aromatic heterocycles. The highest BCUT2D eigenvalue weighted by Gasteiger charge is 2.56. The monoisotopic (exact) mass is 419 g/mol. The first kappa shape index (κ1) is 18.0. The Morgan fingerprint density at radius 1 is 1.15 bits per heavy atom. The smallest absolute Gasteiger partial charge is 0.245 e. The molecule has 1 aromatic rings. The second-order valence-electron chi connectivity index (χ2n) is 8.62. The Labute approximate surface area is 163 Å². The molecule has 0 radical (unpaired) electrons. The largest absolute Gasteiger partial charge is 0.495 e. The van der Waals surface area contributed by atoms with Gasteiger partial charge >= 0.3 is 0 Å². The summed E-state index contributed by atoms with van der Waals surface area (Å²) in [7, 11) is 1.58. The normalized spacial score (nSPS) is 33.0. The van der Waals surface area contributed by atoms with Crippen molar-refractivity contribution in [3.8, 4) is 5.75 Å². The van der Waals surface area contributed by atoms with Crippen molar-refractivity contribution in [3.05, 3.63) is 23.8 Å². The zero-order valence-electron chi connectivity index (χ0n) is 15.4. The van der Waals surface area contributed by atoms with Gasteiger partial charge in [0.05, 0.1) is 12.8 Å². The lowest BCUT2D eigenvalue weighted by Gasteiger charge is -2.56. The second kappa shape index (κ2) is 6.66. The van der Waals surface area contributed by atoms with Crippen molar-refractivity contribution in [1.29, 1.82) is 0 Å². The molecule has 5 rings (SSSR count). The summed E-state index contributed by atoms with van der Waals surface area (Å²) in [4.78, 5) is 25.3.